The molecule has 0 saturated carbocycles. The molecule has 0 aliphatic carbocycles. The van der Waals surface area contributed by atoms with Crippen LogP contribution in [0, 0.1) is 6.92 Å². The van der Waals surface area contributed by atoms with Crippen LogP contribution in [0.25, 0.3) is 5.69 Å². The van der Waals surface area contributed by atoms with Crippen LogP contribution in [0.15, 0.2) is 35.1 Å². The summed E-state index contributed by atoms with van der Waals surface area (Å²) in [6, 6.07) is 8.96. The maximum atomic E-state index is 11.7. The zero-order valence-electron chi connectivity index (χ0n) is 10.3. The summed E-state index contributed by atoms with van der Waals surface area (Å²) in [5.41, 5.74) is 2.06. The fourth-order valence-electron chi connectivity index (χ4n) is 1.74. The molecule has 0 atom stereocenters. The van der Waals surface area contributed by atoms with Crippen molar-refractivity contribution in [2.75, 3.05) is 7.05 Å². The number of benzene rings is 1. The molecule has 5 heteroatoms. The molecule has 0 fully saturated rings. The topological polar surface area (TPSA) is 46.9 Å². The zero-order chi connectivity index (χ0) is 13.1. The van der Waals surface area contributed by atoms with Crippen LogP contribution in [-0.2, 0) is 6.54 Å². The van der Waals surface area contributed by atoms with Crippen LogP contribution in [0.1, 0.15) is 11.4 Å². The Morgan fingerprint density at radius 2 is 2.17 bits per heavy atom. The molecule has 0 spiro atoms. The SMILES string of the molecule is CNCc1nn(-c2cccc(Cl)c2)c(C)cc1=O. The molecule has 0 saturated heterocycles. The lowest BCUT2D eigenvalue weighted by Crippen LogP contribution is -2.22. The van der Waals surface area contributed by atoms with E-state index in [1.807, 2.05) is 25.1 Å². The minimum absolute atomic E-state index is 0.0554. The molecule has 18 heavy (non-hydrogen) atoms. The molecule has 1 aromatic heterocycles. The van der Waals surface area contributed by atoms with Gasteiger partial charge in [-0.05, 0) is 32.2 Å². The van der Waals surface area contributed by atoms with Crippen molar-refractivity contribution in [2.45, 2.75) is 13.5 Å². The van der Waals surface area contributed by atoms with Crippen molar-refractivity contribution in [3.63, 3.8) is 0 Å². The first-order chi connectivity index (χ1) is 8.61. The maximum absolute atomic E-state index is 11.7. The number of hydrogen-bond acceptors (Lipinski definition) is 3. The summed E-state index contributed by atoms with van der Waals surface area (Å²) >= 11 is 5.96. The maximum Gasteiger partial charge on any atom is 0.204 e. The van der Waals surface area contributed by atoms with Gasteiger partial charge in [-0.3, -0.25) is 4.79 Å². The number of nitrogens with zero attached hydrogens (tertiary/aromatic N) is 2. The average molecular weight is 264 g/mol. The van der Waals surface area contributed by atoms with Crippen molar-refractivity contribution in [1.29, 1.82) is 0 Å². The smallest absolute Gasteiger partial charge is 0.204 e. The second kappa shape index (κ2) is 5.33. The van der Waals surface area contributed by atoms with E-state index in [0.717, 1.165) is 11.4 Å². The number of aromatic nitrogens is 2. The predicted octanol–water partition coefficient (Wildman–Crippen LogP) is 1.91. The molecule has 0 radical (unpaired) electrons. The molecular formula is C13H14ClN3O. The van der Waals surface area contributed by atoms with Crippen LogP contribution in [0.4, 0.5) is 0 Å². The van der Waals surface area contributed by atoms with Crippen LogP contribution in [-0.4, -0.2) is 16.8 Å². The van der Waals surface area contributed by atoms with Crippen molar-refractivity contribution in [2.24, 2.45) is 0 Å². The van der Waals surface area contributed by atoms with Crippen molar-refractivity contribution in [3.05, 3.63) is 57.0 Å². The standard InChI is InChI=1S/C13H14ClN3O/c1-9-6-13(18)12(8-15-2)16-17(9)11-5-3-4-10(14)7-11/h3-7,15H,8H2,1-2H3. The second-order valence-corrected chi connectivity index (χ2v) is 4.46. The molecule has 0 amide bonds. The molecule has 94 valence electrons. The van der Waals surface area contributed by atoms with Gasteiger partial charge < -0.3 is 5.32 Å². The Kier molecular flexibility index (Phi) is 3.79. The molecule has 1 aromatic carbocycles. The van der Waals surface area contributed by atoms with Gasteiger partial charge in [0.05, 0.1) is 5.69 Å². The van der Waals surface area contributed by atoms with Gasteiger partial charge in [-0.1, -0.05) is 17.7 Å². The Hall–Kier alpha value is -1.65. The molecule has 1 N–H and O–H groups in total. The molecule has 0 unspecified atom stereocenters. The van der Waals surface area contributed by atoms with Gasteiger partial charge in [-0.15, -0.1) is 0 Å². The van der Waals surface area contributed by atoms with Crippen LogP contribution >= 0.6 is 11.6 Å². The van der Waals surface area contributed by atoms with Gasteiger partial charge in [-0.2, -0.15) is 5.10 Å². The fourth-order valence-corrected chi connectivity index (χ4v) is 1.93. The first-order valence-corrected chi connectivity index (χ1v) is 6.00. The van der Waals surface area contributed by atoms with E-state index < -0.39 is 0 Å². The summed E-state index contributed by atoms with van der Waals surface area (Å²) in [7, 11) is 1.78. The summed E-state index contributed by atoms with van der Waals surface area (Å²) < 4.78 is 1.72. The van der Waals surface area contributed by atoms with E-state index in [2.05, 4.69) is 10.4 Å². The number of hydrogen-bond donors (Lipinski definition) is 1. The van der Waals surface area contributed by atoms with Gasteiger partial charge in [0.15, 0.2) is 0 Å². The molecule has 2 aromatic rings. The van der Waals surface area contributed by atoms with Crippen molar-refractivity contribution < 1.29 is 0 Å². The molecular weight excluding hydrogens is 250 g/mol. The van der Waals surface area contributed by atoms with Crippen molar-refractivity contribution >= 4 is 11.6 Å². The van der Waals surface area contributed by atoms with Crippen molar-refractivity contribution in [3.8, 4) is 5.69 Å². The lowest BCUT2D eigenvalue weighted by molar-refractivity contribution is 0.704. The van der Waals surface area contributed by atoms with E-state index in [4.69, 9.17) is 11.6 Å². The van der Waals surface area contributed by atoms with E-state index in [9.17, 15) is 4.79 Å². The summed E-state index contributed by atoms with van der Waals surface area (Å²) in [4.78, 5) is 11.7. The third-order valence-corrected chi connectivity index (χ3v) is 2.81. The highest BCUT2D eigenvalue weighted by Crippen LogP contribution is 2.14. The zero-order valence-corrected chi connectivity index (χ0v) is 11.0. The van der Waals surface area contributed by atoms with Crippen LogP contribution in [0.2, 0.25) is 5.02 Å². The highest BCUT2D eigenvalue weighted by Gasteiger charge is 2.07. The van der Waals surface area contributed by atoms with Gasteiger partial charge >= 0.3 is 0 Å². The van der Waals surface area contributed by atoms with E-state index >= 15 is 0 Å². The first-order valence-electron chi connectivity index (χ1n) is 5.62. The third-order valence-electron chi connectivity index (χ3n) is 2.58. The van der Waals surface area contributed by atoms with Gasteiger partial charge in [-0.25, -0.2) is 4.68 Å². The van der Waals surface area contributed by atoms with Crippen molar-refractivity contribution in [1.82, 2.24) is 15.1 Å². The minimum Gasteiger partial charge on any atom is -0.314 e. The Morgan fingerprint density at radius 1 is 1.39 bits per heavy atom. The molecule has 0 aliphatic heterocycles. The number of aryl methyl sites for hydroxylation is 1. The normalized spacial score (nSPS) is 10.6. The van der Waals surface area contributed by atoms with E-state index in [0.29, 0.717) is 17.3 Å². The number of halogens is 1. The molecule has 2 rings (SSSR count). The average Bonchev–Trinajstić information content (AvgIpc) is 2.33. The largest absolute Gasteiger partial charge is 0.314 e. The summed E-state index contributed by atoms with van der Waals surface area (Å²) in [6.45, 7) is 2.29. The third kappa shape index (κ3) is 2.60. The Morgan fingerprint density at radius 3 is 2.83 bits per heavy atom. The lowest BCUT2D eigenvalue weighted by atomic mass is 10.3. The van der Waals surface area contributed by atoms with Crippen LogP contribution in [0.3, 0.4) is 0 Å². The van der Waals surface area contributed by atoms with E-state index in [-0.39, 0.29) is 5.43 Å². The molecule has 0 aliphatic rings. The Bertz CT molecular complexity index is 622. The van der Waals surface area contributed by atoms with Crippen LogP contribution < -0.4 is 10.7 Å². The molecule has 0 bridgehead atoms. The monoisotopic (exact) mass is 263 g/mol. The number of rotatable bonds is 3. The molecule has 4 nitrogen and oxygen atoms in total. The number of nitrogens with one attached hydrogen (secondary N) is 1. The summed E-state index contributed by atoms with van der Waals surface area (Å²) in [5, 5.41) is 7.93. The van der Waals surface area contributed by atoms with Crippen LogP contribution in [0.5, 0.6) is 0 Å². The van der Waals surface area contributed by atoms with Gasteiger partial charge in [0, 0.05) is 23.3 Å². The van der Waals surface area contributed by atoms with Gasteiger partial charge in [0.25, 0.3) is 0 Å². The second-order valence-electron chi connectivity index (χ2n) is 4.02. The fraction of sp³-hybridized carbons (Fsp3) is 0.231. The highest BCUT2D eigenvalue weighted by molar-refractivity contribution is 6.30. The predicted molar refractivity (Wildman–Crippen MR) is 72.3 cm³/mol. The lowest BCUT2D eigenvalue weighted by Gasteiger charge is -2.11. The minimum atomic E-state index is -0.0554. The first kappa shape index (κ1) is 12.8. The summed E-state index contributed by atoms with van der Waals surface area (Å²) in [6.07, 6.45) is 0. The molecule has 1 heterocycles. The van der Waals surface area contributed by atoms with E-state index in [1.165, 1.54) is 0 Å². The Balaban J connectivity index is 2.57. The quantitative estimate of drug-likeness (QED) is 0.920. The Labute approximate surface area is 110 Å². The summed E-state index contributed by atoms with van der Waals surface area (Å²) in [5.74, 6) is 0. The van der Waals surface area contributed by atoms with Gasteiger partial charge in [0.2, 0.25) is 5.43 Å². The highest BCUT2D eigenvalue weighted by atomic mass is 35.5. The van der Waals surface area contributed by atoms with Gasteiger partial charge in [0.1, 0.15) is 5.69 Å². The van der Waals surface area contributed by atoms with E-state index in [1.54, 1.807) is 23.9 Å².